The first-order valence-electron chi connectivity index (χ1n) is 10.7. The molecule has 5 nitrogen and oxygen atoms in total. The van der Waals surface area contributed by atoms with Crippen molar-refractivity contribution in [2.75, 3.05) is 13.6 Å². The first-order chi connectivity index (χ1) is 16.3. The van der Waals surface area contributed by atoms with Crippen LogP contribution in [0.2, 0.25) is 0 Å². The van der Waals surface area contributed by atoms with Crippen molar-refractivity contribution in [1.82, 2.24) is 15.2 Å². The quantitative estimate of drug-likeness (QED) is 0.469. The van der Waals surface area contributed by atoms with E-state index in [1.54, 1.807) is 43.4 Å². The van der Waals surface area contributed by atoms with Gasteiger partial charge in [-0.2, -0.15) is 0 Å². The van der Waals surface area contributed by atoms with Gasteiger partial charge in [0.15, 0.2) is 11.6 Å². The van der Waals surface area contributed by atoms with Crippen molar-refractivity contribution in [2.24, 2.45) is 0 Å². The van der Waals surface area contributed by atoms with Gasteiger partial charge in [-0.15, -0.1) is 0 Å². The molecule has 1 aliphatic heterocycles. The number of benzene rings is 3. The third-order valence-electron chi connectivity index (χ3n) is 6.21. The van der Waals surface area contributed by atoms with Crippen LogP contribution in [0.25, 0.3) is 21.9 Å². The maximum atomic E-state index is 14.1. The summed E-state index contributed by atoms with van der Waals surface area (Å²) in [5.74, 6) is -2.85. The van der Waals surface area contributed by atoms with Crippen molar-refractivity contribution >= 4 is 16.7 Å². The zero-order chi connectivity index (χ0) is 24.0. The lowest BCUT2D eigenvalue weighted by Crippen LogP contribution is -2.42. The van der Waals surface area contributed by atoms with Gasteiger partial charge in [0.1, 0.15) is 5.82 Å². The molecule has 172 valence electrons. The molecule has 1 atom stereocenters. The van der Waals surface area contributed by atoms with Gasteiger partial charge in [-0.05, 0) is 52.9 Å². The lowest BCUT2D eigenvalue weighted by atomic mass is 9.93. The highest BCUT2D eigenvalue weighted by atomic mass is 19.2. The summed E-state index contributed by atoms with van der Waals surface area (Å²) in [7, 11) is 1.62. The predicted octanol–water partition coefficient (Wildman–Crippen LogP) is 4.53. The van der Waals surface area contributed by atoms with Crippen molar-refractivity contribution < 1.29 is 18.0 Å². The second-order valence-electron chi connectivity index (χ2n) is 8.31. The summed E-state index contributed by atoms with van der Waals surface area (Å²) in [4.78, 5) is 30.2. The molecule has 1 amide bonds. The Morgan fingerprint density at radius 3 is 2.35 bits per heavy atom. The molecular weight excluding hydrogens is 443 g/mol. The van der Waals surface area contributed by atoms with E-state index in [9.17, 15) is 22.8 Å². The Morgan fingerprint density at radius 1 is 0.941 bits per heavy atom. The molecule has 3 aromatic carbocycles. The van der Waals surface area contributed by atoms with Gasteiger partial charge >= 0.3 is 0 Å². The van der Waals surface area contributed by atoms with Crippen LogP contribution in [0.3, 0.4) is 0 Å². The number of likely N-dealkylation sites (N-methyl/N-ethyl adjacent to an activating group) is 1. The van der Waals surface area contributed by atoms with Crippen LogP contribution in [0.4, 0.5) is 13.2 Å². The van der Waals surface area contributed by atoms with Crippen LogP contribution in [0.15, 0.2) is 65.5 Å². The number of rotatable bonds is 3. The Kier molecular flexibility index (Phi) is 5.45. The summed E-state index contributed by atoms with van der Waals surface area (Å²) < 4.78 is 41.6. The van der Waals surface area contributed by atoms with Crippen LogP contribution in [-0.4, -0.2) is 29.4 Å². The maximum Gasteiger partial charge on any atom is 0.256 e. The summed E-state index contributed by atoms with van der Waals surface area (Å²) in [6.07, 6.45) is 0. The molecule has 5 rings (SSSR count). The second kappa shape index (κ2) is 8.46. The zero-order valence-corrected chi connectivity index (χ0v) is 18.2. The molecule has 0 radical (unpaired) electrons. The monoisotopic (exact) mass is 463 g/mol. The van der Waals surface area contributed by atoms with Gasteiger partial charge in [-0.3, -0.25) is 9.59 Å². The third kappa shape index (κ3) is 3.76. The normalized spacial score (nSPS) is 15.2. The smallest absolute Gasteiger partial charge is 0.256 e. The lowest BCUT2D eigenvalue weighted by Gasteiger charge is -2.34. The average molecular weight is 463 g/mol. The number of pyridine rings is 1. The third-order valence-corrected chi connectivity index (χ3v) is 6.21. The second-order valence-corrected chi connectivity index (χ2v) is 8.31. The molecular formula is C26H20F3N3O2. The van der Waals surface area contributed by atoms with Crippen LogP contribution >= 0.6 is 0 Å². The number of carbonyl (C=O) groups is 1. The Bertz CT molecular complexity index is 1500. The van der Waals surface area contributed by atoms with E-state index < -0.39 is 23.2 Å². The Labute approximate surface area is 192 Å². The number of hydrogen-bond donors (Lipinski definition) is 2. The van der Waals surface area contributed by atoms with E-state index in [1.807, 2.05) is 0 Å². The Hall–Kier alpha value is -3.91. The fraction of sp³-hybridized carbons (Fsp3) is 0.154. The minimum absolute atomic E-state index is 0.0264. The number of nitrogens with zero attached hydrogens (tertiary/aromatic N) is 1. The highest BCUT2D eigenvalue weighted by molar-refractivity contribution is 5.96. The molecule has 0 spiro atoms. The van der Waals surface area contributed by atoms with Gasteiger partial charge in [0.25, 0.3) is 11.5 Å². The van der Waals surface area contributed by atoms with Crippen molar-refractivity contribution in [3.8, 4) is 11.1 Å². The van der Waals surface area contributed by atoms with Crippen LogP contribution in [-0.2, 0) is 6.54 Å². The summed E-state index contributed by atoms with van der Waals surface area (Å²) in [5, 5.41) is 3.47. The van der Waals surface area contributed by atoms with Gasteiger partial charge in [0.05, 0.1) is 11.4 Å². The van der Waals surface area contributed by atoms with Crippen LogP contribution < -0.4 is 10.9 Å². The topological polar surface area (TPSA) is 65.2 Å². The predicted molar refractivity (Wildman–Crippen MR) is 123 cm³/mol. The van der Waals surface area contributed by atoms with E-state index >= 15 is 0 Å². The molecule has 0 bridgehead atoms. The zero-order valence-electron chi connectivity index (χ0n) is 18.2. The van der Waals surface area contributed by atoms with Gasteiger partial charge < -0.3 is 15.2 Å². The first kappa shape index (κ1) is 21.9. The number of aromatic amines is 1. The van der Waals surface area contributed by atoms with Crippen molar-refractivity contribution in [1.29, 1.82) is 0 Å². The molecule has 2 heterocycles. The number of fused-ring (bicyclic) bond motifs is 3. The SMILES string of the molecule is CN(C(=O)c1cccc(-c2cccc(F)c2)c1)C1CNCc2[nH]c(=O)c3cc(F)c(F)cc3c21. The van der Waals surface area contributed by atoms with E-state index in [0.717, 1.165) is 12.1 Å². The molecule has 0 aliphatic carbocycles. The van der Waals surface area contributed by atoms with E-state index in [4.69, 9.17) is 0 Å². The number of aromatic nitrogens is 1. The maximum absolute atomic E-state index is 14.1. The highest BCUT2D eigenvalue weighted by Gasteiger charge is 2.30. The summed E-state index contributed by atoms with van der Waals surface area (Å²) in [6, 6.07) is 14.3. The fourth-order valence-corrected chi connectivity index (χ4v) is 4.52. The number of halogens is 3. The molecule has 0 fully saturated rings. The highest BCUT2D eigenvalue weighted by Crippen LogP contribution is 2.33. The van der Waals surface area contributed by atoms with Gasteiger partial charge in [0, 0.05) is 37.0 Å². The molecule has 34 heavy (non-hydrogen) atoms. The minimum atomic E-state index is -1.11. The van der Waals surface area contributed by atoms with Crippen LogP contribution in [0.5, 0.6) is 0 Å². The molecule has 8 heteroatoms. The van der Waals surface area contributed by atoms with Crippen molar-refractivity contribution in [2.45, 2.75) is 12.6 Å². The molecule has 0 saturated heterocycles. The number of nitrogens with one attached hydrogen (secondary N) is 2. The van der Waals surface area contributed by atoms with Crippen molar-refractivity contribution in [3.05, 3.63) is 105 Å². The summed E-state index contributed by atoms with van der Waals surface area (Å²) in [5.41, 5.74) is 2.29. The van der Waals surface area contributed by atoms with Crippen molar-refractivity contribution in [3.63, 3.8) is 0 Å². The molecule has 1 aliphatic rings. The minimum Gasteiger partial charge on any atom is -0.333 e. The standard InChI is InChI=1S/C26H20F3N3O2/c1-32(26(34)16-6-2-4-14(8-16)15-5-3-7-17(27)9-15)23-13-30-12-22-24(23)18-10-20(28)21(29)11-19(18)25(33)31-22/h2-11,23,30H,12-13H2,1H3,(H,31,33). The number of carbonyl (C=O) groups excluding carboxylic acids is 1. The molecule has 1 unspecified atom stereocenters. The van der Waals surface area contributed by atoms with Gasteiger partial charge in [-0.25, -0.2) is 13.2 Å². The molecule has 0 saturated carbocycles. The number of H-pyrrole nitrogens is 1. The number of amides is 1. The lowest BCUT2D eigenvalue weighted by molar-refractivity contribution is 0.0723. The molecule has 1 aromatic heterocycles. The summed E-state index contributed by atoms with van der Waals surface area (Å²) in [6.45, 7) is 0.687. The van der Waals surface area contributed by atoms with E-state index in [1.165, 1.54) is 17.0 Å². The molecule has 2 N–H and O–H groups in total. The first-order valence-corrected chi connectivity index (χ1v) is 10.7. The Balaban J connectivity index is 1.56. The van der Waals surface area contributed by atoms with Crippen LogP contribution in [0.1, 0.15) is 27.7 Å². The Morgan fingerprint density at radius 2 is 1.62 bits per heavy atom. The van der Waals surface area contributed by atoms with E-state index in [2.05, 4.69) is 10.3 Å². The van der Waals surface area contributed by atoms with Gasteiger partial charge in [0.2, 0.25) is 0 Å². The average Bonchev–Trinajstić information content (AvgIpc) is 2.84. The van der Waals surface area contributed by atoms with E-state index in [0.29, 0.717) is 41.0 Å². The van der Waals surface area contributed by atoms with Gasteiger partial charge in [-0.1, -0.05) is 24.3 Å². The number of hydrogen-bond acceptors (Lipinski definition) is 3. The fourth-order valence-electron chi connectivity index (χ4n) is 4.52. The van der Waals surface area contributed by atoms with Crippen LogP contribution in [0, 0.1) is 17.5 Å². The molecule has 4 aromatic rings. The largest absolute Gasteiger partial charge is 0.333 e. The summed E-state index contributed by atoms with van der Waals surface area (Å²) >= 11 is 0. The van der Waals surface area contributed by atoms with E-state index in [-0.39, 0.29) is 22.5 Å².